The zero-order valence-electron chi connectivity index (χ0n) is 11.0. The molecule has 0 heterocycles. The monoisotopic (exact) mass is 261 g/mol. The quantitative estimate of drug-likeness (QED) is 0.744. The topological polar surface area (TPSA) is 54.5 Å². The van der Waals surface area contributed by atoms with Gasteiger partial charge in [-0.3, -0.25) is 4.79 Å². The van der Waals surface area contributed by atoms with Gasteiger partial charge < -0.3 is 4.90 Å². The van der Waals surface area contributed by atoms with Gasteiger partial charge >= 0.3 is 0 Å². The fraction of sp³-hybridized carbons (Fsp3) is 0.917. The minimum atomic E-state index is -2.99. The van der Waals surface area contributed by atoms with E-state index >= 15 is 0 Å². The molecule has 0 aromatic heterocycles. The average molecular weight is 261 g/mol. The molecule has 1 rings (SSSR count). The molecule has 0 amide bonds. The lowest BCUT2D eigenvalue weighted by Crippen LogP contribution is -2.32. The highest BCUT2D eigenvalue weighted by Gasteiger charge is 2.31. The summed E-state index contributed by atoms with van der Waals surface area (Å²) in [5, 5.41) is -0.301. The van der Waals surface area contributed by atoms with E-state index in [-0.39, 0.29) is 17.0 Å². The molecule has 0 aliphatic heterocycles. The van der Waals surface area contributed by atoms with E-state index in [1.165, 1.54) is 6.26 Å². The summed E-state index contributed by atoms with van der Waals surface area (Å²) in [5.41, 5.74) is 0. The maximum Gasteiger partial charge on any atom is 0.150 e. The lowest BCUT2D eigenvalue weighted by molar-refractivity contribution is -0.123. The second-order valence-electron chi connectivity index (χ2n) is 5.33. The fourth-order valence-corrected chi connectivity index (χ4v) is 3.54. The van der Waals surface area contributed by atoms with Gasteiger partial charge in [0, 0.05) is 25.1 Å². The van der Waals surface area contributed by atoms with Crippen LogP contribution in [0.5, 0.6) is 0 Å². The van der Waals surface area contributed by atoms with Gasteiger partial charge in [0.15, 0.2) is 0 Å². The van der Waals surface area contributed by atoms with Gasteiger partial charge in [0.25, 0.3) is 0 Å². The Morgan fingerprint density at radius 1 is 1.29 bits per heavy atom. The summed E-state index contributed by atoms with van der Waals surface area (Å²) < 4.78 is 23.0. The molecule has 0 aromatic carbocycles. The van der Waals surface area contributed by atoms with Crippen molar-refractivity contribution in [3.63, 3.8) is 0 Å². The third-order valence-electron chi connectivity index (χ3n) is 3.49. The van der Waals surface area contributed by atoms with Crippen molar-refractivity contribution in [3.8, 4) is 0 Å². The first-order valence-corrected chi connectivity index (χ1v) is 8.12. The molecule has 2 unspecified atom stereocenters. The van der Waals surface area contributed by atoms with Crippen molar-refractivity contribution in [2.75, 3.05) is 26.9 Å². The van der Waals surface area contributed by atoms with Crippen molar-refractivity contribution in [1.82, 2.24) is 4.90 Å². The summed E-state index contributed by atoms with van der Waals surface area (Å²) in [7, 11) is 0.890. The van der Waals surface area contributed by atoms with Gasteiger partial charge in [-0.05, 0) is 33.4 Å². The summed E-state index contributed by atoms with van der Waals surface area (Å²) >= 11 is 0. The standard InChI is InChI=1S/C12H23NO3S/c1-13(2)8-7-12(14)10-5-4-6-11(9-10)17(3,15)16/h10-11H,4-9H2,1-3H3. The fourth-order valence-electron chi connectivity index (χ4n) is 2.36. The Balaban J connectivity index is 2.52. The van der Waals surface area contributed by atoms with Crippen molar-refractivity contribution in [2.24, 2.45) is 5.92 Å². The van der Waals surface area contributed by atoms with Gasteiger partial charge in [-0.25, -0.2) is 8.42 Å². The molecular formula is C12H23NO3S. The first-order valence-electron chi connectivity index (χ1n) is 6.17. The number of sulfone groups is 1. The Morgan fingerprint density at radius 2 is 1.94 bits per heavy atom. The van der Waals surface area contributed by atoms with Gasteiger partial charge in [0.1, 0.15) is 15.6 Å². The van der Waals surface area contributed by atoms with Crippen molar-refractivity contribution in [2.45, 2.75) is 37.4 Å². The van der Waals surface area contributed by atoms with E-state index in [1.807, 2.05) is 19.0 Å². The van der Waals surface area contributed by atoms with Gasteiger partial charge in [0.2, 0.25) is 0 Å². The second kappa shape index (κ2) is 5.96. The molecule has 1 aliphatic carbocycles. The predicted octanol–water partition coefficient (Wildman–Crippen LogP) is 1.11. The third kappa shape index (κ3) is 4.76. The summed E-state index contributed by atoms with van der Waals surface area (Å²) in [6.07, 6.45) is 4.79. The SMILES string of the molecule is CN(C)CCC(=O)C1CCCC(S(C)(=O)=O)C1. The smallest absolute Gasteiger partial charge is 0.150 e. The Bertz CT molecular complexity index is 362. The molecule has 2 atom stereocenters. The molecule has 0 bridgehead atoms. The van der Waals surface area contributed by atoms with Crippen LogP contribution in [-0.4, -0.2) is 51.2 Å². The van der Waals surface area contributed by atoms with Crippen LogP contribution in [0.2, 0.25) is 0 Å². The Kier molecular flexibility index (Phi) is 5.13. The van der Waals surface area contributed by atoms with Crippen LogP contribution in [0.25, 0.3) is 0 Å². The van der Waals surface area contributed by atoms with E-state index in [9.17, 15) is 13.2 Å². The number of ketones is 1. The molecule has 0 aromatic rings. The van der Waals surface area contributed by atoms with Crippen molar-refractivity contribution >= 4 is 15.6 Å². The lowest BCUT2D eigenvalue weighted by Gasteiger charge is -2.27. The summed E-state index contributed by atoms with van der Waals surface area (Å²) in [6, 6.07) is 0. The van der Waals surface area contributed by atoms with Crippen LogP contribution in [0, 0.1) is 5.92 Å². The minimum Gasteiger partial charge on any atom is -0.309 e. The van der Waals surface area contributed by atoms with Crippen molar-refractivity contribution in [1.29, 1.82) is 0 Å². The first-order chi connectivity index (χ1) is 7.80. The number of rotatable bonds is 5. The normalized spacial score (nSPS) is 26.1. The highest BCUT2D eigenvalue weighted by Crippen LogP contribution is 2.29. The molecular weight excluding hydrogens is 238 g/mol. The number of carbonyl (C=O) groups is 1. The van der Waals surface area contributed by atoms with E-state index in [0.717, 1.165) is 25.8 Å². The maximum absolute atomic E-state index is 12.0. The Labute approximate surface area is 104 Å². The highest BCUT2D eigenvalue weighted by atomic mass is 32.2. The highest BCUT2D eigenvalue weighted by molar-refractivity contribution is 7.91. The van der Waals surface area contributed by atoms with Crippen LogP contribution in [0.3, 0.4) is 0 Å². The molecule has 0 spiro atoms. The van der Waals surface area contributed by atoms with Crippen molar-refractivity contribution in [3.05, 3.63) is 0 Å². The van der Waals surface area contributed by atoms with Crippen LogP contribution in [0.1, 0.15) is 32.1 Å². The molecule has 100 valence electrons. The van der Waals surface area contributed by atoms with Crippen molar-refractivity contribution < 1.29 is 13.2 Å². The predicted molar refractivity (Wildman–Crippen MR) is 68.8 cm³/mol. The third-order valence-corrected chi connectivity index (χ3v) is 5.13. The zero-order valence-corrected chi connectivity index (χ0v) is 11.8. The average Bonchev–Trinajstić information content (AvgIpc) is 2.25. The number of hydrogen-bond donors (Lipinski definition) is 0. The lowest BCUT2D eigenvalue weighted by atomic mass is 9.85. The summed E-state index contributed by atoms with van der Waals surface area (Å²) in [4.78, 5) is 13.9. The molecule has 0 N–H and O–H groups in total. The van der Waals surface area contributed by atoms with E-state index in [1.54, 1.807) is 0 Å². The molecule has 17 heavy (non-hydrogen) atoms. The van der Waals surface area contributed by atoms with E-state index < -0.39 is 9.84 Å². The van der Waals surface area contributed by atoms with Crippen LogP contribution in [0.4, 0.5) is 0 Å². The summed E-state index contributed by atoms with van der Waals surface area (Å²) in [6.45, 7) is 0.749. The van der Waals surface area contributed by atoms with E-state index in [0.29, 0.717) is 12.8 Å². The molecule has 0 radical (unpaired) electrons. The van der Waals surface area contributed by atoms with Gasteiger partial charge in [0.05, 0.1) is 5.25 Å². The minimum absolute atomic E-state index is 0.0385. The molecule has 5 heteroatoms. The van der Waals surface area contributed by atoms with Gasteiger partial charge in [-0.2, -0.15) is 0 Å². The molecule has 4 nitrogen and oxygen atoms in total. The number of Topliss-reactive ketones (excluding diaryl/α,β-unsaturated/α-hetero) is 1. The molecule has 0 saturated heterocycles. The van der Waals surface area contributed by atoms with Crippen LogP contribution < -0.4 is 0 Å². The maximum atomic E-state index is 12.0. The van der Waals surface area contributed by atoms with Gasteiger partial charge in [-0.1, -0.05) is 6.42 Å². The second-order valence-corrected chi connectivity index (χ2v) is 7.66. The summed E-state index contributed by atoms with van der Waals surface area (Å²) in [5.74, 6) is 0.190. The zero-order chi connectivity index (χ0) is 13.1. The van der Waals surface area contributed by atoms with Crippen LogP contribution in [-0.2, 0) is 14.6 Å². The van der Waals surface area contributed by atoms with Crippen LogP contribution >= 0.6 is 0 Å². The Morgan fingerprint density at radius 3 is 2.47 bits per heavy atom. The van der Waals surface area contributed by atoms with E-state index in [4.69, 9.17) is 0 Å². The van der Waals surface area contributed by atoms with Gasteiger partial charge in [-0.15, -0.1) is 0 Å². The van der Waals surface area contributed by atoms with Crippen LogP contribution in [0.15, 0.2) is 0 Å². The first kappa shape index (κ1) is 14.6. The Hall–Kier alpha value is -0.420. The number of carbonyl (C=O) groups excluding carboxylic acids is 1. The largest absolute Gasteiger partial charge is 0.309 e. The molecule has 1 aliphatic rings. The molecule has 1 fully saturated rings. The van der Waals surface area contributed by atoms with E-state index in [2.05, 4.69) is 0 Å². The number of nitrogens with zero attached hydrogens (tertiary/aromatic N) is 1. The number of hydrogen-bond acceptors (Lipinski definition) is 4. The molecule has 1 saturated carbocycles.